The van der Waals surface area contributed by atoms with Crippen LogP contribution in [-0.2, 0) is 0 Å². The van der Waals surface area contributed by atoms with Crippen molar-refractivity contribution in [3.8, 4) is 6.07 Å². The minimum Gasteiger partial charge on any atom is -0.398 e. The third-order valence-electron chi connectivity index (χ3n) is 2.49. The lowest BCUT2D eigenvalue weighted by Crippen LogP contribution is -1.99. The summed E-state index contributed by atoms with van der Waals surface area (Å²) in [4.78, 5) is 0. The maximum absolute atomic E-state index is 13.4. The molecule has 2 aromatic rings. The van der Waals surface area contributed by atoms with Crippen LogP contribution in [0.5, 0.6) is 0 Å². The van der Waals surface area contributed by atoms with E-state index in [1.54, 1.807) is 0 Å². The first kappa shape index (κ1) is 12.8. The van der Waals surface area contributed by atoms with Gasteiger partial charge in [0.15, 0.2) is 17.5 Å². The molecule has 0 fully saturated rings. The Bertz CT molecular complexity index is 678. The number of hydrogen-bond acceptors (Lipinski definition) is 3. The number of nitrogens with one attached hydrogen (secondary N) is 1. The molecule has 2 rings (SSSR count). The molecule has 2 aromatic carbocycles. The summed E-state index contributed by atoms with van der Waals surface area (Å²) in [6.45, 7) is 0. The Labute approximate surface area is 107 Å². The van der Waals surface area contributed by atoms with Gasteiger partial charge in [0.25, 0.3) is 0 Å². The molecule has 0 amide bonds. The van der Waals surface area contributed by atoms with Crippen LogP contribution >= 0.6 is 0 Å². The molecule has 19 heavy (non-hydrogen) atoms. The second kappa shape index (κ2) is 4.90. The van der Waals surface area contributed by atoms with Gasteiger partial charge in [-0.3, -0.25) is 0 Å². The molecule has 0 spiro atoms. The fourth-order valence-electron chi connectivity index (χ4n) is 1.51. The number of nitrogens with zero attached hydrogens (tertiary/aromatic N) is 1. The van der Waals surface area contributed by atoms with Gasteiger partial charge in [0.2, 0.25) is 0 Å². The number of anilines is 3. The van der Waals surface area contributed by atoms with Crippen molar-refractivity contribution in [2.24, 2.45) is 0 Å². The molecule has 96 valence electrons. The monoisotopic (exact) mass is 263 g/mol. The van der Waals surface area contributed by atoms with E-state index in [1.165, 1.54) is 18.2 Å². The van der Waals surface area contributed by atoms with Crippen molar-refractivity contribution in [1.82, 2.24) is 0 Å². The van der Waals surface area contributed by atoms with Crippen LogP contribution in [0.15, 0.2) is 30.3 Å². The number of hydrogen-bond donors (Lipinski definition) is 2. The third kappa shape index (κ3) is 2.45. The minimum absolute atomic E-state index is 0.202. The summed E-state index contributed by atoms with van der Waals surface area (Å²) >= 11 is 0. The molecule has 0 heterocycles. The Balaban J connectivity index is 2.37. The van der Waals surface area contributed by atoms with E-state index in [1.807, 2.05) is 6.07 Å². The van der Waals surface area contributed by atoms with Gasteiger partial charge in [-0.2, -0.15) is 5.26 Å². The highest BCUT2D eigenvalue weighted by molar-refractivity contribution is 5.67. The molecule has 3 N–H and O–H groups in total. The Hall–Kier alpha value is -2.68. The lowest BCUT2D eigenvalue weighted by atomic mass is 10.1. The molecule has 0 atom stereocenters. The standard InChI is InChI=1S/C13H8F3N3/c14-9-2-4-11(13(16)12(9)15)19-8-1-3-10(18)7(5-8)6-17/h1-5,19H,18H2. The Kier molecular flexibility index (Phi) is 3.29. The molecule has 6 heteroatoms. The van der Waals surface area contributed by atoms with E-state index in [9.17, 15) is 13.2 Å². The van der Waals surface area contributed by atoms with Crippen LogP contribution in [0.25, 0.3) is 0 Å². The molecular weight excluding hydrogens is 255 g/mol. The van der Waals surface area contributed by atoms with Gasteiger partial charge in [-0.05, 0) is 30.3 Å². The third-order valence-corrected chi connectivity index (χ3v) is 2.49. The number of halogens is 3. The highest BCUT2D eigenvalue weighted by Crippen LogP contribution is 2.25. The van der Waals surface area contributed by atoms with Gasteiger partial charge < -0.3 is 11.1 Å². The zero-order chi connectivity index (χ0) is 14.0. The summed E-state index contributed by atoms with van der Waals surface area (Å²) in [6, 6.07) is 8.08. The summed E-state index contributed by atoms with van der Waals surface area (Å²) in [5.41, 5.74) is 6.13. The van der Waals surface area contributed by atoms with Gasteiger partial charge in [0.1, 0.15) is 6.07 Å². The first-order chi connectivity index (χ1) is 9.02. The Morgan fingerprint density at radius 3 is 2.47 bits per heavy atom. The normalized spacial score (nSPS) is 10.0. The SMILES string of the molecule is N#Cc1cc(Nc2ccc(F)c(F)c2F)ccc1N. The summed E-state index contributed by atoms with van der Waals surface area (Å²) in [6.07, 6.45) is 0. The molecule has 0 aliphatic rings. The molecule has 0 aliphatic carbocycles. The quantitative estimate of drug-likeness (QED) is 0.645. The molecule has 0 saturated carbocycles. The first-order valence-corrected chi connectivity index (χ1v) is 5.23. The number of nitrogen functional groups attached to an aromatic ring is 1. The maximum Gasteiger partial charge on any atom is 0.196 e. The average molecular weight is 263 g/mol. The molecule has 0 aliphatic heterocycles. The number of nitrogens with two attached hydrogens (primary N) is 1. The summed E-state index contributed by atoms with van der Waals surface area (Å²) in [5.74, 6) is -4.14. The molecule has 0 radical (unpaired) electrons. The maximum atomic E-state index is 13.4. The van der Waals surface area contributed by atoms with Crippen molar-refractivity contribution < 1.29 is 13.2 Å². The zero-order valence-electron chi connectivity index (χ0n) is 9.55. The van der Waals surface area contributed by atoms with Crippen molar-refractivity contribution in [1.29, 1.82) is 5.26 Å². The van der Waals surface area contributed by atoms with Crippen molar-refractivity contribution in [2.75, 3.05) is 11.1 Å². The first-order valence-electron chi connectivity index (χ1n) is 5.23. The van der Waals surface area contributed by atoms with E-state index in [-0.39, 0.29) is 16.9 Å². The largest absolute Gasteiger partial charge is 0.398 e. The zero-order valence-corrected chi connectivity index (χ0v) is 9.55. The van der Waals surface area contributed by atoms with E-state index in [0.717, 1.165) is 12.1 Å². The molecule has 0 saturated heterocycles. The number of nitriles is 1. The lowest BCUT2D eigenvalue weighted by Gasteiger charge is -2.09. The van der Waals surface area contributed by atoms with Crippen molar-refractivity contribution in [2.45, 2.75) is 0 Å². The summed E-state index contributed by atoms with van der Waals surface area (Å²) < 4.78 is 39.3. The lowest BCUT2D eigenvalue weighted by molar-refractivity contribution is 0.449. The van der Waals surface area contributed by atoms with E-state index in [4.69, 9.17) is 11.0 Å². The highest BCUT2D eigenvalue weighted by Gasteiger charge is 2.13. The number of rotatable bonds is 2. The van der Waals surface area contributed by atoms with Gasteiger partial charge in [0, 0.05) is 11.4 Å². The minimum atomic E-state index is -1.55. The van der Waals surface area contributed by atoms with Crippen LogP contribution in [0.4, 0.5) is 30.2 Å². The topological polar surface area (TPSA) is 61.8 Å². The predicted octanol–water partition coefficient (Wildman–Crippen LogP) is 3.30. The Morgan fingerprint density at radius 1 is 1.05 bits per heavy atom. The van der Waals surface area contributed by atoms with Gasteiger partial charge in [-0.25, -0.2) is 13.2 Å². The molecule has 0 bridgehead atoms. The second-order valence-corrected chi connectivity index (χ2v) is 3.76. The summed E-state index contributed by atoms with van der Waals surface area (Å²) in [5, 5.41) is 11.4. The van der Waals surface area contributed by atoms with Crippen LogP contribution < -0.4 is 11.1 Å². The predicted molar refractivity (Wildman–Crippen MR) is 65.2 cm³/mol. The summed E-state index contributed by atoms with van der Waals surface area (Å²) in [7, 11) is 0. The van der Waals surface area contributed by atoms with Crippen LogP contribution in [-0.4, -0.2) is 0 Å². The number of benzene rings is 2. The van der Waals surface area contributed by atoms with E-state index >= 15 is 0 Å². The van der Waals surface area contributed by atoms with Gasteiger partial charge in [-0.15, -0.1) is 0 Å². The van der Waals surface area contributed by atoms with E-state index in [0.29, 0.717) is 5.69 Å². The molecular formula is C13H8F3N3. The molecule has 0 aromatic heterocycles. The fourth-order valence-corrected chi connectivity index (χ4v) is 1.51. The second-order valence-electron chi connectivity index (χ2n) is 3.76. The highest BCUT2D eigenvalue weighted by atomic mass is 19.2. The van der Waals surface area contributed by atoms with Crippen molar-refractivity contribution >= 4 is 17.1 Å². The van der Waals surface area contributed by atoms with Crippen LogP contribution in [0, 0.1) is 28.8 Å². The van der Waals surface area contributed by atoms with Gasteiger partial charge >= 0.3 is 0 Å². The fraction of sp³-hybridized carbons (Fsp3) is 0. The van der Waals surface area contributed by atoms with Crippen LogP contribution in [0.3, 0.4) is 0 Å². The molecule has 3 nitrogen and oxygen atoms in total. The van der Waals surface area contributed by atoms with E-state index in [2.05, 4.69) is 5.32 Å². The van der Waals surface area contributed by atoms with Crippen LogP contribution in [0.1, 0.15) is 5.56 Å². The average Bonchev–Trinajstić information content (AvgIpc) is 2.41. The van der Waals surface area contributed by atoms with Gasteiger partial charge in [0.05, 0.1) is 11.3 Å². The Morgan fingerprint density at radius 2 is 1.79 bits per heavy atom. The van der Waals surface area contributed by atoms with Crippen molar-refractivity contribution in [3.63, 3.8) is 0 Å². The smallest absolute Gasteiger partial charge is 0.196 e. The van der Waals surface area contributed by atoms with Crippen molar-refractivity contribution in [3.05, 3.63) is 53.3 Å². The van der Waals surface area contributed by atoms with Crippen LogP contribution in [0.2, 0.25) is 0 Å². The molecule has 0 unspecified atom stereocenters. The van der Waals surface area contributed by atoms with E-state index < -0.39 is 17.5 Å². The van der Waals surface area contributed by atoms with Gasteiger partial charge in [-0.1, -0.05) is 0 Å².